The molecule has 2 aromatic carbocycles. The summed E-state index contributed by atoms with van der Waals surface area (Å²) in [5, 5.41) is 3.14. The van der Waals surface area contributed by atoms with E-state index in [1.54, 1.807) is 11.8 Å². The van der Waals surface area contributed by atoms with Gasteiger partial charge in [0.2, 0.25) is 5.91 Å². The second-order valence-electron chi connectivity index (χ2n) is 8.01. The number of carbonyl (C=O) groups is 2. The van der Waals surface area contributed by atoms with Gasteiger partial charge in [-0.15, -0.1) is 0 Å². The van der Waals surface area contributed by atoms with E-state index in [2.05, 4.69) is 19.2 Å². The molecule has 0 saturated heterocycles. The van der Waals surface area contributed by atoms with E-state index < -0.39 is 6.04 Å². The molecule has 6 nitrogen and oxygen atoms in total. The molecule has 2 unspecified atom stereocenters. The highest BCUT2D eigenvalue weighted by Crippen LogP contribution is 2.27. The van der Waals surface area contributed by atoms with Crippen LogP contribution in [0.5, 0.6) is 0 Å². The number of amides is 2. The molecule has 29 heavy (non-hydrogen) atoms. The molecule has 2 heterocycles. The number of rotatable bonds is 5. The van der Waals surface area contributed by atoms with Gasteiger partial charge in [-0.25, -0.2) is 4.98 Å². The molecule has 6 heteroatoms. The first-order valence-corrected chi connectivity index (χ1v) is 9.99. The molecule has 0 bridgehead atoms. The van der Waals surface area contributed by atoms with Gasteiger partial charge in [0.15, 0.2) is 0 Å². The Labute approximate surface area is 170 Å². The lowest BCUT2D eigenvalue weighted by molar-refractivity contribution is -0.126. The van der Waals surface area contributed by atoms with Gasteiger partial charge in [-0.1, -0.05) is 44.2 Å². The molecule has 150 valence electrons. The predicted molar refractivity (Wildman–Crippen MR) is 112 cm³/mol. The number of benzene rings is 2. The van der Waals surface area contributed by atoms with E-state index >= 15 is 0 Å². The van der Waals surface area contributed by atoms with Crippen LogP contribution in [0.4, 0.5) is 0 Å². The van der Waals surface area contributed by atoms with Crippen molar-refractivity contribution in [2.45, 2.75) is 39.4 Å². The van der Waals surface area contributed by atoms with Crippen LogP contribution in [0.2, 0.25) is 0 Å². The maximum absolute atomic E-state index is 13.1. The molecular formula is C23H26N4O2. The minimum Gasteiger partial charge on any atom is -0.344 e. The Morgan fingerprint density at radius 1 is 1.07 bits per heavy atom. The van der Waals surface area contributed by atoms with E-state index in [1.807, 2.05) is 60.1 Å². The SMILES string of the molecule is CC(C)C(NC(=O)C(C)N1Cc2ccccc2C1=O)c1nc2ccccc2n1C. The summed E-state index contributed by atoms with van der Waals surface area (Å²) in [6.45, 7) is 6.37. The van der Waals surface area contributed by atoms with Crippen LogP contribution < -0.4 is 5.32 Å². The lowest BCUT2D eigenvalue weighted by Gasteiger charge is -2.28. The minimum atomic E-state index is -0.564. The molecular weight excluding hydrogens is 364 g/mol. The largest absolute Gasteiger partial charge is 0.344 e. The van der Waals surface area contributed by atoms with Crippen LogP contribution in [0.15, 0.2) is 48.5 Å². The van der Waals surface area contributed by atoms with E-state index in [1.165, 1.54) is 0 Å². The zero-order valence-electron chi connectivity index (χ0n) is 17.2. The molecule has 1 N–H and O–H groups in total. The number of hydrogen-bond donors (Lipinski definition) is 1. The fourth-order valence-electron chi connectivity index (χ4n) is 3.98. The van der Waals surface area contributed by atoms with Crippen LogP contribution in [0, 0.1) is 5.92 Å². The van der Waals surface area contributed by atoms with E-state index in [4.69, 9.17) is 4.98 Å². The summed E-state index contributed by atoms with van der Waals surface area (Å²) in [7, 11) is 1.97. The zero-order chi connectivity index (χ0) is 20.7. The molecule has 1 aliphatic rings. The van der Waals surface area contributed by atoms with Crippen molar-refractivity contribution in [3.05, 3.63) is 65.5 Å². The molecule has 2 amide bonds. The average molecular weight is 390 g/mol. The van der Waals surface area contributed by atoms with Gasteiger partial charge >= 0.3 is 0 Å². The van der Waals surface area contributed by atoms with Gasteiger partial charge in [-0.05, 0) is 36.6 Å². The van der Waals surface area contributed by atoms with Crippen LogP contribution in [0.3, 0.4) is 0 Å². The summed E-state index contributed by atoms with van der Waals surface area (Å²) in [5.74, 6) is 0.704. The highest BCUT2D eigenvalue weighted by molar-refractivity contribution is 6.01. The maximum atomic E-state index is 13.1. The Bertz CT molecular complexity index is 1090. The van der Waals surface area contributed by atoms with Gasteiger partial charge in [-0.2, -0.15) is 0 Å². The molecule has 0 saturated carbocycles. The lowest BCUT2D eigenvalue weighted by Crippen LogP contribution is -2.47. The van der Waals surface area contributed by atoms with Crippen LogP contribution in [-0.2, 0) is 18.4 Å². The second-order valence-corrected chi connectivity index (χ2v) is 8.01. The number of hydrogen-bond acceptors (Lipinski definition) is 3. The third kappa shape index (κ3) is 3.28. The average Bonchev–Trinajstić information content (AvgIpc) is 3.23. The molecule has 1 aromatic heterocycles. The second kappa shape index (κ2) is 7.35. The van der Waals surface area contributed by atoms with Crippen molar-refractivity contribution >= 4 is 22.8 Å². The molecule has 0 aliphatic carbocycles. The van der Waals surface area contributed by atoms with Gasteiger partial charge in [0, 0.05) is 19.2 Å². The topological polar surface area (TPSA) is 67.2 Å². The number of para-hydroxylation sites is 2. The molecule has 0 spiro atoms. The van der Waals surface area contributed by atoms with E-state index in [-0.39, 0.29) is 23.8 Å². The molecule has 3 aromatic rings. The van der Waals surface area contributed by atoms with E-state index in [0.717, 1.165) is 22.4 Å². The summed E-state index contributed by atoms with van der Waals surface area (Å²) >= 11 is 0. The number of carbonyl (C=O) groups excluding carboxylic acids is 2. The Kier molecular flexibility index (Phi) is 4.86. The summed E-state index contributed by atoms with van der Waals surface area (Å²) < 4.78 is 2.03. The Balaban J connectivity index is 1.57. The first-order valence-electron chi connectivity index (χ1n) is 9.99. The van der Waals surface area contributed by atoms with Gasteiger partial charge in [0.05, 0.1) is 17.1 Å². The predicted octanol–water partition coefficient (Wildman–Crippen LogP) is 3.43. The highest BCUT2D eigenvalue weighted by atomic mass is 16.2. The van der Waals surface area contributed by atoms with Crippen LogP contribution in [0.25, 0.3) is 11.0 Å². The molecule has 4 rings (SSSR count). The van der Waals surface area contributed by atoms with E-state index in [0.29, 0.717) is 12.1 Å². The summed E-state index contributed by atoms with van der Waals surface area (Å²) in [5.41, 5.74) is 3.58. The van der Waals surface area contributed by atoms with Gasteiger partial charge in [-0.3, -0.25) is 9.59 Å². The number of aromatic nitrogens is 2. The van der Waals surface area contributed by atoms with Crippen molar-refractivity contribution in [3.63, 3.8) is 0 Å². The quantitative estimate of drug-likeness (QED) is 0.726. The highest BCUT2D eigenvalue weighted by Gasteiger charge is 2.35. The fourth-order valence-corrected chi connectivity index (χ4v) is 3.98. The van der Waals surface area contributed by atoms with Crippen molar-refractivity contribution in [3.8, 4) is 0 Å². The van der Waals surface area contributed by atoms with Gasteiger partial charge in [0.25, 0.3) is 5.91 Å². The van der Waals surface area contributed by atoms with Crippen LogP contribution >= 0.6 is 0 Å². The molecule has 0 radical (unpaired) electrons. The monoisotopic (exact) mass is 390 g/mol. The smallest absolute Gasteiger partial charge is 0.255 e. The Hall–Kier alpha value is -3.15. The minimum absolute atomic E-state index is 0.0907. The first-order chi connectivity index (χ1) is 13.9. The Morgan fingerprint density at radius 2 is 1.76 bits per heavy atom. The van der Waals surface area contributed by atoms with Crippen LogP contribution in [0.1, 0.15) is 48.6 Å². The van der Waals surface area contributed by atoms with Gasteiger partial charge in [0.1, 0.15) is 11.9 Å². The molecule has 2 atom stereocenters. The molecule has 1 aliphatic heterocycles. The number of imidazole rings is 1. The maximum Gasteiger partial charge on any atom is 0.255 e. The number of nitrogens with zero attached hydrogens (tertiary/aromatic N) is 3. The summed E-state index contributed by atoms with van der Waals surface area (Å²) in [6.07, 6.45) is 0. The first kappa shape index (κ1) is 19.2. The van der Waals surface area contributed by atoms with Crippen LogP contribution in [-0.4, -0.2) is 32.3 Å². The summed E-state index contributed by atoms with van der Waals surface area (Å²) in [4.78, 5) is 32.2. The number of nitrogens with one attached hydrogen (secondary N) is 1. The third-order valence-electron chi connectivity index (χ3n) is 5.76. The standard InChI is InChI=1S/C23H26N4O2/c1-14(2)20(21-24-18-11-7-8-12-19(18)26(21)4)25-22(28)15(3)27-13-16-9-5-6-10-17(16)23(27)29/h5-12,14-15,20H,13H2,1-4H3,(H,25,28). The van der Waals surface area contributed by atoms with Crippen molar-refractivity contribution in [2.75, 3.05) is 0 Å². The number of fused-ring (bicyclic) bond motifs is 2. The fraction of sp³-hybridized carbons (Fsp3) is 0.348. The van der Waals surface area contributed by atoms with Crippen molar-refractivity contribution in [1.29, 1.82) is 0 Å². The molecule has 0 fully saturated rings. The number of aryl methyl sites for hydroxylation is 1. The normalized spacial score (nSPS) is 15.6. The van der Waals surface area contributed by atoms with Gasteiger partial charge < -0.3 is 14.8 Å². The lowest BCUT2D eigenvalue weighted by atomic mass is 10.0. The Morgan fingerprint density at radius 3 is 2.45 bits per heavy atom. The van der Waals surface area contributed by atoms with Crippen molar-refractivity contribution in [2.24, 2.45) is 13.0 Å². The van der Waals surface area contributed by atoms with Crippen molar-refractivity contribution < 1.29 is 9.59 Å². The summed E-state index contributed by atoms with van der Waals surface area (Å²) in [6, 6.07) is 14.7. The van der Waals surface area contributed by atoms with E-state index in [9.17, 15) is 9.59 Å². The zero-order valence-corrected chi connectivity index (χ0v) is 17.2. The third-order valence-corrected chi connectivity index (χ3v) is 5.76. The van der Waals surface area contributed by atoms with Crippen molar-refractivity contribution in [1.82, 2.24) is 19.8 Å².